The van der Waals surface area contributed by atoms with Gasteiger partial charge in [0.25, 0.3) is 0 Å². The molecular formula is C15H24N6O2S. The summed E-state index contributed by atoms with van der Waals surface area (Å²) >= 11 is 0. The van der Waals surface area contributed by atoms with Crippen molar-refractivity contribution in [3.8, 4) is 0 Å². The maximum Gasteiger partial charge on any atom is 0.321 e. The van der Waals surface area contributed by atoms with Crippen molar-refractivity contribution in [3.63, 3.8) is 0 Å². The van der Waals surface area contributed by atoms with Crippen LogP contribution in [0.1, 0.15) is 76.0 Å². The fraction of sp³-hybridized carbons (Fsp3) is 0.600. The second-order valence-corrected chi connectivity index (χ2v) is 7.41. The Morgan fingerprint density at radius 3 is 1.17 bits per heavy atom. The van der Waals surface area contributed by atoms with E-state index in [0.29, 0.717) is 17.8 Å². The maximum atomic E-state index is 9.99. The fourth-order valence-electron chi connectivity index (χ4n) is 1.81. The molecule has 1 aromatic rings. The van der Waals surface area contributed by atoms with Crippen LogP contribution in [0, 0.1) is 0 Å². The summed E-state index contributed by atoms with van der Waals surface area (Å²) in [7, 11) is -4.27. The molecule has 0 radical (unpaired) electrons. The van der Waals surface area contributed by atoms with Gasteiger partial charge < -0.3 is 0 Å². The Labute approximate surface area is 143 Å². The van der Waals surface area contributed by atoms with Crippen LogP contribution >= 0.6 is 0 Å². The van der Waals surface area contributed by atoms with Gasteiger partial charge in [-0.05, 0) is 45.5 Å². The van der Waals surface area contributed by atoms with Crippen LogP contribution in [0.25, 0.3) is 20.9 Å². The quantitative estimate of drug-likeness (QED) is 0.370. The van der Waals surface area contributed by atoms with E-state index in [2.05, 4.69) is 68.8 Å². The van der Waals surface area contributed by atoms with Crippen LogP contribution in [0.3, 0.4) is 0 Å². The Hall–Kier alpha value is -2.21. The van der Waals surface area contributed by atoms with Gasteiger partial charge in [-0.25, -0.2) is 8.42 Å². The summed E-state index contributed by atoms with van der Waals surface area (Å²) in [5.41, 5.74) is 19.5. The zero-order chi connectivity index (χ0) is 18.9. The first kappa shape index (κ1) is 21.8. The van der Waals surface area contributed by atoms with Crippen molar-refractivity contribution in [2.24, 2.45) is 9.04 Å². The van der Waals surface area contributed by atoms with Gasteiger partial charge >= 0.3 is 10.2 Å². The first-order valence-electron chi connectivity index (χ1n) is 7.56. The van der Waals surface area contributed by atoms with Crippen LogP contribution in [0.4, 0.5) is 0 Å². The predicted octanol–water partition coefficient (Wildman–Crippen LogP) is 5.91. The highest BCUT2D eigenvalue weighted by molar-refractivity contribution is 7.88. The molecule has 1 aromatic carbocycles. The van der Waals surface area contributed by atoms with E-state index in [1.165, 1.54) is 16.7 Å². The topological polar surface area (TPSA) is 132 Å². The molecule has 24 heavy (non-hydrogen) atoms. The number of hydrogen-bond donors (Lipinski definition) is 0. The number of nitrogens with zero attached hydrogens (tertiary/aromatic N) is 6. The summed E-state index contributed by atoms with van der Waals surface area (Å²) in [6, 6.07) is 7.09. The van der Waals surface area contributed by atoms with Gasteiger partial charge in [0.15, 0.2) is 0 Å². The third-order valence-electron chi connectivity index (χ3n) is 3.28. The normalized spacial score (nSPS) is 10.7. The molecule has 0 saturated carbocycles. The predicted molar refractivity (Wildman–Crippen MR) is 95.9 cm³/mol. The molecule has 0 fully saturated rings. The SMILES string of the molecule is CC(C)c1cc(C(C)C)cc(C(C)C)c1.[N-]=[N+]=NS(=O)(=O)N=[N+]=[N-]. The maximum absolute atomic E-state index is 9.99. The minimum Gasteiger partial charge on any atom is -0.213 e. The highest BCUT2D eigenvalue weighted by Crippen LogP contribution is 2.26. The van der Waals surface area contributed by atoms with Crippen LogP contribution in [0.5, 0.6) is 0 Å². The highest BCUT2D eigenvalue weighted by Gasteiger charge is 2.08. The highest BCUT2D eigenvalue weighted by atomic mass is 32.2. The van der Waals surface area contributed by atoms with Gasteiger partial charge in [0.2, 0.25) is 0 Å². The fourth-order valence-corrected chi connectivity index (χ4v) is 2.03. The van der Waals surface area contributed by atoms with Gasteiger partial charge in [-0.3, -0.25) is 0 Å². The van der Waals surface area contributed by atoms with Gasteiger partial charge in [0.05, 0.1) is 0 Å². The molecule has 0 heterocycles. The lowest BCUT2D eigenvalue weighted by molar-refractivity contribution is 0.599. The van der Waals surface area contributed by atoms with Crippen molar-refractivity contribution < 1.29 is 8.42 Å². The Kier molecular flexibility index (Phi) is 8.92. The van der Waals surface area contributed by atoms with Crippen LogP contribution in [-0.4, -0.2) is 8.42 Å². The smallest absolute Gasteiger partial charge is 0.213 e. The number of benzene rings is 1. The molecule has 0 amide bonds. The van der Waals surface area contributed by atoms with Gasteiger partial charge in [-0.1, -0.05) is 59.7 Å². The Balaban J connectivity index is 0.000000506. The zero-order valence-electron chi connectivity index (χ0n) is 14.9. The number of rotatable bonds is 5. The molecule has 0 N–H and O–H groups in total. The van der Waals surface area contributed by atoms with E-state index < -0.39 is 10.2 Å². The van der Waals surface area contributed by atoms with E-state index in [1.807, 2.05) is 9.82 Å². The van der Waals surface area contributed by atoms with Crippen molar-refractivity contribution in [2.75, 3.05) is 0 Å². The van der Waals surface area contributed by atoms with E-state index in [0.717, 1.165) is 0 Å². The number of azide groups is 1. The molecule has 0 aliphatic carbocycles. The lowest BCUT2D eigenvalue weighted by Crippen LogP contribution is -1.98. The average Bonchev–Trinajstić information content (AvgIpc) is 2.47. The van der Waals surface area contributed by atoms with E-state index >= 15 is 0 Å². The summed E-state index contributed by atoms with van der Waals surface area (Å²) < 4.78 is 24.3. The third kappa shape index (κ3) is 7.87. The lowest BCUT2D eigenvalue weighted by atomic mass is 9.90. The Bertz CT molecular complexity index is 654. The standard InChI is InChI=1S/C15H24.N6O2S/c1-10(2)13-7-14(11(3)4)9-15(8-13)12(5)6;1-3-5-9(7,8)6-4-2/h7-12H,1-6H3;. The van der Waals surface area contributed by atoms with Crippen LogP contribution in [-0.2, 0) is 10.2 Å². The van der Waals surface area contributed by atoms with Gasteiger partial charge in [-0.15, -0.1) is 0 Å². The molecule has 0 saturated heterocycles. The molecule has 132 valence electrons. The molecule has 9 heteroatoms. The molecule has 0 aliphatic heterocycles. The van der Waals surface area contributed by atoms with Crippen LogP contribution in [0.2, 0.25) is 0 Å². The monoisotopic (exact) mass is 352 g/mol. The summed E-state index contributed by atoms with van der Waals surface area (Å²) in [6.45, 7) is 13.6. The Morgan fingerprint density at radius 2 is 1.00 bits per heavy atom. The number of hydrogen-bond acceptors (Lipinski definition) is 2. The minimum absolute atomic E-state index is 0.626. The summed E-state index contributed by atoms with van der Waals surface area (Å²) in [5.74, 6) is 1.88. The molecule has 1 rings (SSSR count). The first-order valence-corrected chi connectivity index (χ1v) is 8.96. The van der Waals surface area contributed by atoms with Gasteiger partial charge in [0.1, 0.15) is 0 Å². The van der Waals surface area contributed by atoms with E-state index in [1.54, 1.807) is 0 Å². The molecule has 0 spiro atoms. The first-order chi connectivity index (χ1) is 11.0. The minimum atomic E-state index is -4.27. The molecule has 0 aliphatic rings. The molecule has 0 unspecified atom stereocenters. The second kappa shape index (κ2) is 9.82. The zero-order valence-corrected chi connectivity index (χ0v) is 15.7. The molecule has 8 nitrogen and oxygen atoms in total. The summed E-state index contributed by atoms with van der Waals surface area (Å²) in [4.78, 5) is 3.80. The molecule has 0 aromatic heterocycles. The Morgan fingerprint density at radius 1 is 0.750 bits per heavy atom. The van der Waals surface area contributed by atoms with E-state index in [-0.39, 0.29) is 0 Å². The summed E-state index contributed by atoms with van der Waals surface area (Å²) in [6.07, 6.45) is 0. The van der Waals surface area contributed by atoms with Crippen molar-refractivity contribution in [2.45, 2.75) is 59.3 Å². The van der Waals surface area contributed by atoms with Crippen molar-refractivity contribution in [1.29, 1.82) is 0 Å². The van der Waals surface area contributed by atoms with Crippen LogP contribution in [0.15, 0.2) is 27.2 Å². The molecular weight excluding hydrogens is 328 g/mol. The largest absolute Gasteiger partial charge is 0.321 e. The summed E-state index contributed by atoms with van der Waals surface area (Å²) in [5, 5.41) is 0. The van der Waals surface area contributed by atoms with E-state index in [4.69, 9.17) is 11.1 Å². The van der Waals surface area contributed by atoms with Gasteiger partial charge in [0, 0.05) is 18.9 Å². The second-order valence-electron chi connectivity index (χ2n) is 6.19. The average molecular weight is 352 g/mol. The van der Waals surface area contributed by atoms with Crippen molar-refractivity contribution >= 4 is 10.2 Å². The lowest BCUT2D eigenvalue weighted by Gasteiger charge is -2.16. The molecule has 0 bridgehead atoms. The van der Waals surface area contributed by atoms with Crippen molar-refractivity contribution in [1.82, 2.24) is 0 Å². The van der Waals surface area contributed by atoms with Crippen LogP contribution < -0.4 is 0 Å². The third-order valence-corrected chi connectivity index (χ3v) is 3.84. The molecule has 0 atom stereocenters. The van der Waals surface area contributed by atoms with E-state index in [9.17, 15) is 8.42 Å². The van der Waals surface area contributed by atoms with Gasteiger partial charge in [-0.2, -0.15) is 0 Å². The van der Waals surface area contributed by atoms with Crippen molar-refractivity contribution in [3.05, 3.63) is 55.8 Å².